The normalized spacial score (nSPS) is 14.5. The Labute approximate surface area is 178 Å². The highest BCUT2D eigenvalue weighted by Crippen LogP contribution is 2.10. The molecule has 2 aromatic rings. The zero-order valence-corrected chi connectivity index (χ0v) is 17.7. The van der Waals surface area contributed by atoms with Gasteiger partial charge in [0.2, 0.25) is 11.9 Å². The van der Waals surface area contributed by atoms with E-state index in [4.69, 9.17) is 0 Å². The van der Waals surface area contributed by atoms with Gasteiger partial charge in [-0.25, -0.2) is 9.97 Å². The highest BCUT2D eigenvalue weighted by atomic mass is 16.2. The summed E-state index contributed by atoms with van der Waals surface area (Å²) in [7, 11) is 0. The minimum Gasteiger partial charge on any atom is -0.356 e. The predicted octanol–water partition coefficient (Wildman–Crippen LogP) is 2.33. The Bertz CT molecular complexity index is 802. The van der Waals surface area contributed by atoms with Crippen molar-refractivity contribution in [2.75, 3.05) is 44.2 Å². The van der Waals surface area contributed by atoms with Gasteiger partial charge in [-0.1, -0.05) is 31.2 Å². The van der Waals surface area contributed by atoms with Gasteiger partial charge < -0.3 is 10.2 Å². The van der Waals surface area contributed by atoms with E-state index in [-0.39, 0.29) is 24.5 Å². The first kappa shape index (κ1) is 21.9. The molecule has 1 N–H and O–H groups in total. The molecule has 0 spiro atoms. The fourth-order valence-corrected chi connectivity index (χ4v) is 3.54. The van der Waals surface area contributed by atoms with Crippen molar-refractivity contribution in [1.29, 1.82) is 0 Å². The topological polar surface area (TPSA) is 78.4 Å². The largest absolute Gasteiger partial charge is 0.356 e. The van der Waals surface area contributed by atoms with Crippen molar-refractivity contribution in [3.05, 3.63) is 53.9 Å². The number of hydrogen-bond donors (Lipinski definition) is 1. The number of carbonyl (C=O) groups excluding carboxylic acids is 2. The number of piperazine rings is 1. The minimum atomic E-state index is -0.0559. The molecule has 0 saturated carbocycles. The molecule has 0 aliphatic carbocycles. The standard InChI is InChI=1S/C23H31N5O2/c1-2-19-5-7-20(8-6-19)21(29)9-10-22(30)24-13-4-14-27-15-17-28(18-16-27)23-25-11-3-12-26-23/h3,5-8,11-12H,2,4,9-10,13-18H2,1H3,(H,24,30). The summed E-state index contributed by atoms with van der Waals surface area (Å²) in [4.78, 5) is 37.5. The van der Waals surface area contributed by atoms with Crippen molar-refractivity contribution >= 4 is 17.6 Å². The Balaban J connectivity index is 1.26. The summed E-state index contributed by atoms with van der Waals surface area (Å²) in [5.74, 6) is 0.757. The van der Waals surface area contributed by atoms with E-state index in [1.807, 2.05) is 30.3 Å². The van der Waals surface area contributed by atoms with Crippen LogP contribution in [-0.2, 0) is 11.2 Å². The summed E-state index contributed by atoms with van der Waals surface area (Å²) >= 11 is 0. The zero-order chi connectivity index (χ0) is 21.2. The van der Waals surface area contributed by atoms with Crippen molar-refractivity contribution in [2.24, 2.45) is 0 Å². The second-order valence-corrected chi connectivity index (χ2v) is 7.55. The molecule has 1 saturated heterocycles. The van der Waals surface area contributed by atoms with Crippen LogP contribution in [0.2, 0.25) is 0 Å². The maximum Gasteiger partial charge on any atom is 0.225 e. The van der Waals surface area contributed by atoms with Crippen LogP contribution in [0.1, 0.15) is 42.1 Å². The van der Waals surface area contributed by atoms with E-state index in [1.54, 1.807) is 12.4 Å². The first-order valence-corrected chi connectivity index (χ1v) is 10.8. The molecule has 1 aromatic heterocycles. The second-order valence-electron chi connectivity index (χ2n) is 7.55. The zero-order valence-electron chi connectivity index (χ0n) is 17.7. The van der Waals surface area contributed by atoms with E-state index in [2.05, 4.69) is 32.0 Å². The maximum absolute atomic E-state index is 12.2. The predicted molar refractivity (Wildman–Crippen MR) is 118 cm³/mol. The van der Waals surface area contributed by atoms with Gasteiger partial charge in [-0.05, 0) is 31.0 Å². The average Bonchev–Trinajstić information content (AvgIpc) is 2.81. The van der Waals surface area contributed by atoms with E-state index in [0.717, 1.165) is 51.5 Å². The summed E-state index contributed by atoms with van der Waals surface area (Å²) in [6, 6.07) is 9.47. The van der Waals surface area contributed by atoms with E-state index in [0.29, 0.717) is 12.1 Å². The van der Waals surface area contributed by atoms with Crippen LogP contribution in [0, 0.1) is 0 Å². The van der Waals surface area contributed by atoms with Crippen LogP contribution in [-0.4, -0.2) is 65.8 Å². The van der Waals surface area contributed by atoms with Gasteiger partial charge in [0.1, 0.15) is 0 Å². The number of nitrogens with zero attached hydrogens (tertiary/aromatic N) is 4. The van der Waals surface area contributed by atoms with E-state index in [9.17, 15) is 9.59 Å². The first-order chi connectivity index (χ1) is 14.7. The highest BCUT2D eigenvalue weighted by molar-refractivity contribution is 5.97. The van der Waals surface area contributed by atoms with Crippen LogP contribution in [0.15, 0.2) is 42.7 Å². The Morgan fingerprint density at radius 2 is 1.70 bits per heavy atom. The van der Waals surface area contributed by atoms with Crippen molar-refractivity contribution in [3.63, 3.8) is 0 Å². The summed E-state index contributed by atoms with van der Waals surface area (Å²) in [5.41, 5.74) is 1.89. The van der Waals surface area contributed by atoms with E-state index < -0.39 is 0 Å². The van der Waals surface area contributed by atoms with Gasteiger partial charge in [0.25, 0.3) is 0 Å². The van der Waals surface area contributed by atoms with Crippen LogP contribution in [0.25, 0.3) is 0 Å². The highest BCUT2D eigenvalue weighted by Gasteiger charge is 2.18. The molecule has 160 valence electrons. The van der Waals surface area contributed by atoms with Crippen LogP contribution in [0.3, 0.4) is 0 Å². The third kappa shape index (κ3) is 6.62. The van der Waals surface area contributed by atoms with Crippen LogP contribution in [0.5, 0.6) is 0 Å². The fraction of sp³-hybridized carbons (Fsp3) is 0.478. The number of amides is 1. The van der Waals surface area contributed by atoms with Gasteiger partial charge >= 0.3 is 0 Å². The molecule has 0 unspecified atom stereocenters. The molecule has 7 nitrogen and oxygen atoms in total. The number of aryl methyl sites for hydroxylation is 1. The average molecular weight is 410 g/mol. The lowest BCUT2D eigenvalue weighted by Gasteiger charge is -2.34. The Hall–Kier alpha value is -2.80. The Morgan fingerprint density at radius 1 is 1.00 bits per heavy atom. The Kier molecular flexibility index (Phi) is 8.32. The molecule has 2 heterocycles. The Morgan fingerprint density at radius 3 is 2.37 bits per heavy atom. The van der Waals surface area contributed by atoms with Crippen LogP contribution >= 0.6 is 0 Å². The van der Waals surface area contributed by atoms with Crippen LogP contribution in [0.4, 0.5) is 5.95 Å². The summed E-state index contributed by atoms with van der Waals surface area (Å²) in [6.45, 7) is 7.44. The van der Waals surface area contributed by atoms with Gasteiger partial charge in [-0.15, -0.1) is 0 Å². The number of rotatable bonds is 10. The number of nitrogens with one attached hydrogen (secondary N) is 1. The molecule has 3 rings (SSSR count). The van der Waals surface area contributed by atoms with Gasteiger partial charge in [-0.3, -0.25) is 14.5 Å². The number of carbonyl (C=O) groups is 2. The van der Waals surface area contributed by atoms with E-state index >= 15 is 0 Å². The smallest absolute Gasteiger partial charge is 0.225 e. The minimum absolute atomic E-state index is 0.0214. The number of ketones is 1. The quantitative estimate of drug-likeness (QED) is 0.479. The molecule has 0 bridgehead atoms. The number of hydrogen-bond acceptors (Lipinski definition) is 6. The summed E-state index contributed by atoms with van der Waals surface area (Å²) in [6.07, 6.45) is 5.89. The number of aromatic nitrogens is 2. The summed E-state index contributed by atoms with van der Waals surface area (Å²) < 4.78 is 0. The number of Topliss-reactive ketones (excluding diaryl/α,β-unsaturated/α-hetero) is 1. The molecule has 0 radical (unpaired) electrons. The lowest BCUT2D eigenvalue weighted by atomic mass is 10.0. The molecule has 1 amide bonds. The number of benzene rings is 1. The molecule has 30 heavy (non-hydrogen) atoms. The molecule has 1 aliphatic rings. The summed E-state index contributed by atoms with van der Waals surface area (Å²) in [5, 5.41) is 2.93. The molecule has 1 aromatic carbocycles. The third-order valence-corrected chi connectivity index (χ3v) is 5.44. The molecule has 0 atom stereocenters. The van der Waals surface area contributed by atoms with Crippen LogP contribution < -0.4 is 10.2 Å². The fourth-order valence-electron chi connectivity index (χ4n) is 3.54. The third-order valence-electron chi connectivity index (χ3n) is 5.44. The lowest BCUT2D eigenvalue weighted by molar-refractivity contribution is -0.121. The molecule has 1 fully saturated rings. The van der Waals surface area contributed by atoms with Crippen molar-refractivity contribution in [1.82, 2.24) is 20.2 Å². The monoisotopic (exact) mass is 409 g/mol. The molecular formula is C23H31N5O2. The van der Waals surface area contributed by atoms with Gasteiger partial charge in [0.05, 0.1) is 0 Å². The second kappa shape index (κ2) is 11.4. The molecular weight excluding hydrogens is 378 g/mol. The maximum atomic E-state index is 12.2. The van der Waals surface area contributed by atoms with Crippen molar-refractivity contribution in [2.45, 2.75) is 32.6 Å². The SMILES string of the molecule is CCc1ccc(C(=O)CCC(=O)NCCCN2CCN(c3ncccn3)CC2)cc1. The lowest BCUT2D eigenvalue weighted by Crippen LogP contribution is -2.47. The van der Waals surface area contributed by atoms with Gasteiger partial charge in [0, 0.05) is 63.5 Å². The van der Waals surface area contributed by atoms with Gasteiger partial charge in [0.15, 0.2) is 5.78 Å². The number of anilines is 1. The first-order valence-electron chi connectivity index (χ1n) is 10.8. The molecule has 1 aliphatic heterocycles. The van der Waals surface area contributed by atoms with Crippen molar-refractivity contribution in [3.8, 4) is 0 Å². The van der Waals surface area contributed by atoms with Crippen molar-refractivity contribution < 1.29 is 9.59 Å². The molecule has 7 heteroatoms. The van der Waals surface area contributed by atoms with Gasteiger partial charge in [-0.2, -0.15) is 0 Å². The van der Waals surface area contributed by atoms with E-state index in [1.165, 1.54) is 5.56 Å².